The first kappa shape index (κ1) is 21.3. The van der Waals surface area contributed by atoms with Gasteiger partial charge in [-0.1, -0.05) is 23.7 Å². The van der Waals surface area contributed by atoms with E-state index in [0.29, 0.717) is 18.3 Å². The van der Waals surface area contributed by atoms with Crippen molar-refractivity contribution in [3.63, 3.8) is 0 Å². The number of nitrogens with one attached hydrogen (secondary N) is 2. The fraction of sp³-hybridized carbons (Fsp3) is 0.294. The molecule has 1 heterocycles. The number of aliphatic imine (C=N–C) groups is 1. The molecule has 1 aromatic carbocycles. The molecule has 0 bridgehead atoms. The molecule has 0 radical (unpaired) electrons. The number of guanidine groups is 1. The van der Waals surface area contributed by atoms with Crippen molar-refractivity contribution in [3.05, 3.63) is 58.5 Å². The first-order valence-electron chi connectivity index (χ1n) is 7.73. The maximum Gasteiger partial charge on any atom is 0.284 e. The van der Waals surface area contributed by atoms with E-state index >= 15 is 0 Å². The van der Waals surface area contributed by atoms with Gasteiger partial charge in [0.2, 0.25) is 0 Å². The van der Waals surface area contributed by atoms with E-state index in [4.69, 9.17) is 21.8 Å². The predicted octanol–water partition coefficient (Wildman–Crippen LogP) is 2.95. The van der Waals surface area contributed by atoms with Gasteiger partial charge >= 0.3 is 0 Å². The molecule has 6 nitrogen and oxygen atoms in total. The van der Waals surface area contributed by atoms with Crippen molar-refractivity contribution in [1.82, 2.24) is 10.6 Å². The molecule has 0 atom stereocenters. The second-order valence-corrected chi connectivity index (χ2v) is 5.57. The molecule has 0 saturated heterocycles. The lowest BCUT2D eigenvalue weighted by Crippen LogP contribution is -2.38. The molecule has 4 N–H and O–H groups in total. The molecule has 2 rings (SSSR count). The van der Waals surface area contributed by atoms with Crippen molar-refractivity contribution in [3.8, 4) is 0 Å². The minimum Gasteiger partial charge on any atom is -0.454 e. The summed E-state index contributed by atoms with van der Waals surface area (Å²) in [5, 5.41) is 7.15. The summed E-state index contributed by atoms with van der Waals surface area (Å²) in [4.78, 5) is 15.4. The third-order valence-corrected chi connectivity index (χ3v) is 3.51. The number of rotatable bonds is 7. The van der Waals surface area contributed by atoms with E-state index in [1.165, 1.54) is 5.56 Å². The Morgan fingerprint density at radius 3 is 2.52 bits per heavy atom. The normalized spacial score (nSPS) is 10.9. The Hall–Kier alpha value is -1.74. The highest BCUT2D eigenvalue weighted by Gasteiger charge is 2.06. The van der Waals surface area contributed by atoms with Crippen LogP contribution in [0.2, 0.25) is 5.02 Å². The zero-order chi connectivity index (χ0) is 17.4. The molecule has 25 heavy (non-hydrogen) atoms. The molecule has 2 aromatic rings. The van der Waals surface area contributed by atoms with Gasteiger partial charge in [0.15, 0.2) is 11.7 Å². The number of halogens is 2. The third kappa shape index (κ3) is 7.35. The quantitative estimate of drug-likeness (QED) is 0.325. The van der Waals surface area contributed by atoms with Gasteiger partial charge in [-0.3, -0.25) is 4.79 Å². The average molecular weight is 477 g/mol. The van der Waals surface area contributed by atoms with Crippen molar-refractivity contribution < 1.29 is 9.21 Å². The van der Waals surface area contributed by atoms with Crippen molar-refractivity contribution in [2.75, 3.05) is 13.1 Å². The Morgan fingerprint density at radius 1 is 1.20 bits per heavy atom. The summed E-state index contributed by atoms with van der Waals surface area (Å²) >= 11 is 5.88. The molecule has 0 spiro atoms. The first-order chi connectivity index (χ1) is 11.6. The van der Waals surface area contributed by atoms with Gasteiger partial charge in [0, 0.05) is 18.1 Å². The number of hydrogen-bond acceptors (Lipinski definition) is 3. The molecule has 0 saturated carbocycles. The molecular weight excluding hydrogens is 455 g/mol. The van der Waals surface area contributed by atoms with Gasteiger partial charge in [-0.05, 0) is 43.2 Å². The van der Waals surface area contributed by atoms with Crippen LogP contribution >= 0.6 is 35.6 Å². The van der Waals surface area contributed by atoms with Crippen LogP contribution in [0, 0.1) is 0 Å². The Bertz CT molecular complexity index is 701. The van der Waals surface area contributed by atoms with Crippen LogP contribution in [0.4, 0.5) is 0 Å². The molecule has 0 aliphatic carbocycles. The zero-order valence-corrected chi connectivity index (χ0v) is 17.0. The van der Waals surface area contributed by atoms with E-state index < -0.39 is 5.91 Å². The Morgan fingerprint density at radius 2 is 1.92 bits per heavy atom. The van der Waals surface area contributed by atoms with Crippen LogP contribution in [-0.4, -0.2) is 25.0 Å². The van der Waals surface area contributed by atoms with Crippen LogP contribution in [-0.2, 0) is 13.0 Å². The van der Waals surface area contributed by atoms with E-state index in [9.17, 15) is 4.79 Å². The van der Waals surface area contributed by atoms with E-state index in [-0.39, 0.29) is 29.7 Å². The molecule has 0 aliphatic heterocycles. The lowest BCUT2D eigenvalue weighted by molar-refractivity contribution is 0.0972. The van der Waals surface area contributed by atoms with Crippen molar-refractivity contribution in [2.24, 2.45) is 10.7 Å². The third-order valence-electron chi connectivity index (χ3n) is 3.26. The fourth-order valence-corrected chi connectivity index (χ4v) is 2.20. The van der Waals surface area contributed by atoms with Gasteiger partial charge in [-0.15, -0.1) is 24.0 Å². The summed E-state index contributed by atoms with van der Waals surface area (Å²) < 4.78 is 5.31. The molecule has 1 aromatic heterocycles. The van der Waals surface area contributed by atoms with Crippen molar-refractivity contribution >= 4 is 47.4 Å². The van der Waals surface area contributed by atoms with E-state index in [0.717, 1.165) is 24.5 Å². The summed E-state index contributed by atoms with van der Waals surface area (Å²) in [6.07, 6.45) is 0.855. The number of hydrogen-bond donors (Lipinski definition) is 3. The SMILES string of the molecule is CCNC(=NCc1ccc(C(N)=O)o1)NCCc1ccc(Cl)cc1.I. The minimum atomic E-state index is -0.585. The van der Waals surface area contributed by atoms with Crippen LogP contribution in [0.15, 0.2) is 45.8 Å². The van der Waals surface area contributed by atoms with Crippen molar-refractivity contribution in [2.45, 2.75) is 19.9 Å². The number of carbonyl (C=O) groups excluding carboxylic acids is 1. The average Bonchev–Trinajstić information content (AvgIpc) is 3.04. The Balaban J connectivity index is 0.00000312. The fourth-order valence-electron chi connectivity index (χ4n) is 2.07. The lowest BCUT2D eigenvalue weighted by Gasteiger charge is -2.11. The van der Waals surface area contributed by atoms with Crippen LogP contribution in [0.1, 0.15) is 28.8 Å². The maximum atomic E-state index is 11.0. The second kappa shape index (κ2) is 11.0. The molecule has 0 unspecified atom stereocenters. The highest BCUT2D eigenvalue weighted by atomic mass is 127. The van der Waals surface area contributed by atoms with Crippen LogP contribution in [0.5, 0.6) is 0 Å². The molecule has 8 heteroatoms. The topological polar surface area (TPSA) is 92.6 Å². The highest BCUT2D eigenvalue weighted by molar-refractivity contribution is 14.0. The maximum absolute atomic E-state index is 11.0. The molecule has 1 amide bonds. The molecule has 0 fully saturated rings. The molecule has 136 valence electrons. The number of amides is 1. The zero-order valence-electron chi connectivity index (χ0n) is 13.9. The monoisotopic (exact) mass is 476 g/mol. The Labute approximate surface area is 169 Å². The first-order valence-corrected chi connectivity index (χ1v) is 8.11. The number of nitrogens with two attached hydrogens (primary N) is 1. The predicted molar refractivity (Wildman–Crippen MR) is 111 cm³/mol. The van der Waals surface area contributed by atoms with Gasteiger partial charge in [-0.25, -0.2) is 4.99 Å². The standard InChI is InChI=1S/C17H21ClN4O2.HI/c1-2-20-17(21-10-9-12-3-5-13(18)6-4-12)22-11-14-7-8-15(24-14)16(19)23;/h3-8H,2,9-11H2,1H3,(H2,19,23)(H2,20,21,22);1H. The number of carbonyl (C=O) groups is 1. The van der Waals surface area contributed by atoms with Crippen LogP contribution in [0.3, 0.4) is 0 Å². The van der Waals surface area contributed by atoms with Crippen molar-refractivity contribution in [1.29, 1.82) is 0 Å². The number of benzene rings is 1. The summed E-state index contributed by atoms with van der Waals surface area (Å²) in [7, 11) is 0. The minimum absolute atomic E-state index is 0. The van der Waals surface area contributed by atoms with E-state index in [2.05, 4.69) is 15.6 Å². The lowest BCUT2D eigenvalue weighted by atomic mass is 10.1. The summed E-state index contributed by atoms with van der Waals surface area (Å²) in [5.74, 6) is 0.821. The van der Waals surface area contributed by atoms with Crippen LogP contribution in [0.25, 0.3) is 0 Å². The van der Waals surface area contributed by atoms with Crippen LogP contribution < -0.4 is 16.4 Å². The second-order valence-electron chi connectivity index (χ2n) is 5.13. The number of nitrogens with zero attached hydrogens (tertiary/aromatic N) is 1. The van der Waals surface area contributed by atoms with Gasteiger partial charge in [0.25, 0.3) is 5.91 Å². The van der Waals surface area contributed by atoms with Gasteiger partial charge in [0.1, 0.15) is 12.3 Å². The molecule has 0 aliphatic rings. The van der Waals surface area contributed by atoms with E-state index in [1.54, 1.807) is 12.1 Å². The summed E-state index contributed by atoms with van der Waals surface area (Å²) in [6.45, 7) is 3.80. The van der Waals surface area contributed by atoms with E-state index in [1.807, 2.05) is 31.2 Å². The summed E-state index contributed by atoms with van der Waals surface area (Å²) in [6, 6.07) is 11.0. The molecular formula is C17H22ClIN4O2. The smallest absolute Gasteiger partial charge is 0.284 e. The largest absolute Gasteiger partial charge is 0.454 e. The highest BCUT2D eigenvalue weighted by Crippen LogP contribution is 2.10. The number of primary amides is 1. The van der Waals surface area contributed by atoms with Gasteiger partial charge in [-0.2, -0.15) is 0 Å². The summed E-state index contributed by atoms with van der Waals surface area (Å²) in [5.41, 5.74) is 6.35. The Kier molecular flexibility index (Phi) is 9.36. The van der Waals surface area contributed by atoms with Gasteiger partial charge < -0.3 is 20.8 Å². The number of furan rings is 1. The van der Waals surface area contributed by atoms with Gasteiger partial charge in [0.05, 0.1) is 0 Å².